The van der Waals surface area contributed by atoms with Crippen LogP contribution in [0, 0.1) is 11.7 Å². The van der Waals surface area contributed by atoms with Crippen molar-refractivity contribution in [1.29, 1.82) is 0 Å². The fourth-order valence-corrected chi connectivity index (χ4v) is 4.14. The van der Waals surface area contributed by atoms with Gasteiger partial charge in [-0.3, -0.25) is 9.78 Å². The number of carbonyl (C=O) groups excluding carboxylic acids is 1. The molecule has 35 heavy (non-hydrogen) atoms. The van der Waals surface area contributed by atoms with E-state index in [1.54, 1.807) is 24.4 Å². The Bertz CT molecular complexity index is 1160. The van der Waals surface area contributed by atoms with Gasteiger partial charge in [-0.25, -0.2) is 9.37 Å². The molecule has 0 bridgehead atoms. The molecule has 0 radical (unpaired) electrons. The van der Waals surface area contributed by atoms with E-state index in [0.717, 1.165) is 37.3 Å². The molecule has 0 spiro atoms. The van der Waals surface area contributed by atoms with E-state index in [-0.39, 0.29) is 11.7 Å². The van der Waals surface area contributed by atoms with Crippen molar-refractivity contribution in [2.45, 2.75) is 39.7 Å². The average Bonchev–Trinajstić information content (AvgIpc) is 2.86. The standard InChI is InChI=1S/C27H33FN4O3/c1-18(2)6-5-9-29-27(33)20-14-23(19(3)35-22-8-4-7-21(28)16-22)26-24(15-20)30-17-25(31-26)32-10-12-34-13-11-32/h4,7-8,14-19H,5-6,9-13H2,1-3H3,(H,29,33). The number of nitrogens with one attached hydrogen (secondary N) is 1. The first-order chi connectivity index (χ1) is 16.9. The van der Waals surface area contributed by atoms with Gasteiger partial charge in [0, 0.05) is 36.8 Å². The van der Waals surface area contributed by atoms with E-state index in [1.807, 2.05) is 13.0 Å². The number of halogens is 1. The van der Waals surface area contributed by atoms with Crippen LogP contribution in [0.5, 0.6) is 5.75 Å². The van der Waals surface area contributed by atoms with E-state index in [9.17, 15) is 9.18 Å². The SMILES string of the molecule is CC(C)CCCNC(=O)c1cc(C(C)Oc2cccc(F)c2)c2nc(N3CCOCC3)cnc2c1. The summed E-state index contributed by atoms with van der Waals surface area (Å²) in [6.07, 6.45) is 3.23. The molecule has 4 rings (SSSR count). The maximum absolute atomic E-state index is 13.7. The lowest BCUT2D eigenvalue weighted by atomic mass is 10.0. The molecule has 3 aromatic rings. The zero-order chi connectivity index (χ0) is 24.8. The Kier molecular flexibility index (Phi) is 8.13. The van der Waals surface area contributed by atoms with Crippen molar-refractivity contribution in [2.75, 3.05) is 37.7 Å². The van der Waals surface area contributed by atoms with E-state index < -0.39 is 6.10 Å². The molecule has 1 amide bonds. The second-order valence-corrected chi connectivity index (χ2v) is 9.27. The summed E-state index contributed by atoms with van der Waals surface area (Å²) in [5.41, 5.74) is 2.50. The van der Waals surface area contributed by atoms with Gasteiger partial charge in [0.1, 0.15) is 23.5 Å². The molecule has 0 aliphatic carbocycles. The van der Waals surface area contributed by atoms with Gasteiger partial charge in [0.05, 0.1) is 30.4 Å². The Balaban J connectivity index is 1.66. The quantitative estimate of drug-likeness (QED) is 0.439. The van der Waals surface area contributed by atoms with Crippen LogP contribution >= 0.6 is 0 Å². The molecule has 1 aliphatic heterocycles. The maximum Gasteiger partial charge on any atom is 0.251 e. The first-order valence-electron chi connectivity index (χ1n) is 12.2. The molecule has 1 aromatic heterocycles. The highest BCUT2D eigenvalue weighted by Gasteiger charge is 2.20. The lowest BCUT2D eigenvalue weighted by Crippen LogP contribution is -2.36. The minimum atomic E-state index is -0.484. The van der Waals surface area contributed by atoms with Crippen LogP contribution in [0.2, 0.25) is 0 Å². The molecule has 1 N–H and O–H groups in total. The van der Waals surface area contributed by atoms with Crippen molar-refractivity contribution >= 4 is 22.8 Å². The number of benzene rings is 2. The van der Waals surface area contributed by atoms with Crippen molar-refractivity contribution in [3.8, 4) is 5.75 Å². The third kappa shape index (κ3) is 6.45. The van der Waals surface area contributed by atoms with Crippen LogP contribution in [0.4, 0.5) is 10.2 Å². The molecule has 186 valence electrons. The van der Waals surface area contributed by atoms with E-state index >= 15 is 0 Å². The Morgan fingerprint density at radius 3 is 2.74 bits per heavy atom. The van der Waals surface area contributed by atoms with Gasteiger partial charge in [-0.15, -0.1) is 0 Å². The molecule has 1 aliphatic rings. The minimum absolute atomic E-state index is 0.158. The number of carbonyl (C=O) groups is 1. The molecule has 1 fully saturated rings. The molecule has 2 heterocycles. The number of aromatic nitrogens is 2. The number of morpholine rings is 1. The number of hydrogen-bond donors (Lipinski definition) is 1. The summed E-state index contributed by atoms with van der Waals surface area (Å²) >= 11 is 0. The lowest BCUT2D eigenvalue weighted by molar-refractivity contribution is 0.0952. The Morgan fingerprint density at radius 1 is 1.20 bits per heavy atom. The number of hydrogen-bond acceptors (Lipinski definition) is 6. The normalized spacial score (nSPS) is 14.8. The van der Waals surface area contributed by atoms with Crippen LogP contribution in [0.25, 0.3) is 11.0 Å². The summed E-state index contributed by atoms with van der Waals surface area (Å²) < 4.78 is 25.2. The van der Waals surface area contributed by atoms with Gasteiger partial charge >= 0.3 is 0 Å². The van der Waals surface area contributed by atoms with E-state index in [0.29, 0.717) is 48.0 Å². The van der Waals surface area contributed by atoms with Crippen LogP contribution in [0.15, 0.2) is 42.6 Å². The monoisotopic (exact) mass is 480 g/mol. The smallest absolute Gasteiger partial charge is 0.251 e. The number of fused-ring (bicyclic) bond motifs is 1. The van der Waals surface area contributed by atoms with Gasteiger partial charge in [0.15, 0.2) is 0 Å². The highest BCUT2D eigenvalue weighted by molar-refractivity contribution is 5.98. The topological polar surface area (TPSA) is 76.6 Å². The van der Waals surface area contributed by atoms with E-state index in [1.165, 1.54) is 12.1 Å². The number of nitrogens with zero attached hydrogens (tertiary/aromatic N) is 3. The summed E-state index contributed by atoms with van der Waals surface area (Å²) in [6, 6.07) is 9.60. The third-order valence-corrected chi connectivity index (χ3v) is 6.05. The van der Waals surface area contributed by atoms with Crippen molar-refractivity contribution in [3.63, 3.8) is 0 Å². The van der Waals surface area contributed by atoms with Crippen LogP contribution in [-0.4, -0.2) is 48.7 Å². The zero-order valence-electron chi connectivity index (χ0n) is 20.6. The number of rotatable bonds is 9. The van der Waals surface area contributed by atoms with Crippen LogP contribution in [0.3, 0.4) is 0 Å². The van der Waals surface area contributed by atoms with Crippen LogP contribution in [0.1, 0.15) is 55.6 Å². The predicted octanol–water partition coefficient (Wildman–Crippen LogP) is 4.91. The third-order valence-electron chi connectivity index (χ3n) is 6.05. The molecule has 2 aromatic carbocycles. The summed E-state index contributed by atoms with van der Waals surface area (Å²) in [6.45, 7) is 9.57. The number of amides is 1. The second-order valence-electron chi connectivity index (χ2n) is 9.27. The van der Waals surface area contributed by atoms with Gasteiger partial charge in [0.2, 0.25) is 0 Å². The maximum atomic E-state index is 13.7. The molecule has 1 saturated heterocycles. The van der Waals surface area contributed by atoms with E-state index in [4.69, 9.17) is 14.5 Å². The molecule has 8 heteroatoms. The van der Waals surface area contributed by atoms with Crippen molar-refractivity contribution in [3.05, 3.63) is 59.5 Å². The Hall–Kier alpha value is -3.26. The lowest BCUT2D eigenvalue weighted by Gasteiger charge is -2.28. The number of anilines is 1. The van der Waals surface area contributed by atoms with Gasteiger partial charge in [0.25, 0.3) is 5.91 Å². The second kappa shape index (κ2) is 11.4. The fourth-order valence-electron chi connectivity index (χ4n) is 4.14. The average molecular weight is 481 g/mol. The Morgan fingerprint density at radius 2 is 2.00 bits per heavy atom. The van der Waals surface area contributed by atoms with Gasteiger partial charge in [-0.2, -0.15) is 0 Å². The summed E-state index contributed by atoms with van der Waals surface area (Å²) in [5.74, 6) is 1.23. The highest BCUT2D eigenvalue weighted by Crippen LogP contribution is 2.29. The molecule has 7 nitrogen and oxygen atoms in total. The first kappa shape index (κ1) is 24.9. The summed E-state index contributed by atoms with van der Waals surface area (Å²) in [5, 5.41) is 3.01. The van der Waals surface area contributed by atoms with Crippen LogP contribution < -0.4 is 15.0 Å². The van der Waals surface area contributed by atoms with Crippen molar-refractivity contribution < 1.29 is 18.7 Å². The van der Waals surface area contributed by atoms with Gasteiger partial charge in [-0.05, 0) is 49.9 Å². The number of ether oxygens (including phenoxy) is 2. The zero-order valence-corrected chi connectivity index (χ0v) is 20.6. The molecular formula is C27H33FN4O3. The largest absolute Gasteiger partial charge is 0.486 e. The molecule has 1 atom stereocenters. The van der Waals surface area contributed by atoms with Crippen molar-refractivity contribution in [1.82, 2.24) is 15.3 Å². The van der Waals surface area contributed by atoms with Crippen molar-refractivity contribution in [2.24, 2.45) is 5.92 Å². The molecule has 1 unspecified atom stereocenters. The van der Waals surface area contributed by atoms with E-state index in [2.05, 4.69) is 29.0 Å². The summed E-state index contributed by atoms with van der Waals surface area (Å²) in [7, 11) is 0. The predicted molar refractivity (Wildman–Crippen MR) is 134 cm³/mol. The minimum Gasteiger partial charge on any atom is -0.486 e. The molecule has 0 saturated carbocycles. The van der Waals surface area contributed by atoms with Gasteiger partial charge in [-0.1, -0.05) is 19.9 Å². The summed E-state index contributed by atoms with van der Waals surface area (Å²) in [4.78, 5) is 24.6. The molecular weight excluding hydrogens is 447 g/mol. The van der Waals surface area contributed by atoms with Gasteiger partial charge < -0.3 is 19.7 Å². The van der Waals surface area contributed by atoms with Crippen LogP contribution in [-0.2, 0) is 4.74 Å². The fraction of sp³-hybridized carbons (Fsp3) is 0.444. The highest BCUT2D eigenvalue weighted by atomic mass is 19.1. The first-order valence-corrected chi connectivity index (χ1v) is 12.2. The Labute approximate surface area is 205 Å².